The van der Waals surface area contributed by atoms with Gasteiger partial charge in [0.1, 0.15) is 24.0 Å². The first-order valence-electron chi connectivity index (χ1n) is 16.2. The lowest BCUT2D eigenvalue weighted by Crippen LogP contribution is -2.54. The van der Waals surface area contributed by atoms with Gasteiger partial charge in [-0.05, 0) is 63.6 Å². The summed E-state index contributed by atoms with van der Waals surface area (Å²) in [6, 6.07) is 11.8. The number of nitrogens with zero attached hydrogens (tertiary/aromatic N) is 3. The second-order valence-corrected chi connectivity index (χ2v) is 12.6. The number of benzene rings is 2. The quantitative estimate of drug-likeness (QED) is 0.240. The number of carbonyl (C=O) groups excluding carboxylic acids is 5. The minimum atomic E-state index is -1.01. The number of imide groups is 2. The molecule has 3 aliphatic heterocycles. The van der Waals surface area contributed by atoms with Crippen LogP contribution in [0.25, 0.3) is 0 Å². The van der Waals surface area contributed by atoms with Crippen LogP contribution in [-0.2, 0) is 23.8 Å². The fraction of sp³-hybridized carbons (Fsp3) is 0.500. The smallest absolute Gasteiger partial charge is 0.410 e. The molecule has 3 aliphatic rings. The van der Waals surface area contributed by atoms with Gasteiger partial charge in [0.2, 0.25) is 11.8 Å². The third kappa shape index (κ3) is 8.61. The zero-order valence-electron chi connectivity index (χ0n) is 27.6. The fourth-order valence-electron chi connectivity index (χ4n) is 5.69. The van der Waals surface area contributed by atoms with E-state index in [1.165, 1.54) is 0 Å². The molecule has 2 fully saturated rings. The first-order valence-corrected chi connectivity index (χ1v) is 16.2. The maximum absolute atomic E-state index is 13.2. The van der Waals surface area contributed by atoms with Crippen LogP contribution in [0.4, 0.5) is 16.2 Å². The van der Waals surface area contributed by atoms with Crippen LogP contribution in [0.15, 0.2) is 42.5 Å². The minimum absolute atomic E-state index is 0.0663. The fourth-order valence-corrected chi connectivity index (χ4v) is 5.69. The number of hydrogen-bond donors (Lipinski definition) is 2. The molecular formula is C34H43N5O9. The van der Waals surface area contributed by atoms with Crippen molar-refractivity contribution in [3.63, 3.8) is 0 Å². The van der Waals surface area contributed by atoms with Crippen molar-refractivity contribution in [1.29, 1.82) is 0 Å². The number of anilines is 2. The van der Waals surface area contributed by atoms with E-state index in [-0.39, 0.29) is 30.1 Å². The molecule has 0 radical (unpaired) electrons. The highest BCUT2D eigenvalue weighted by Gasteiger charge is 2.45. The molecule has 2 aromatic rings. The normalized spacial score (nSPS) is 18.1. The molecule has 0 saturated carbocycles. The predicted molar refractivity (Wildman–Crippen MR) is 175 cm³/mol. The molecule has 1 unspecified atom stereocenters. The van der Waals surface area contributed by atoms with Crippen LogP contribution >= 0.6 is 0 Å². The summed E-state index contributed by atoms with van der Waals surface area (Å²) in [7, 11) is 0. The molecule has 2 saturated heterocycles. The number of rotatable bonds is 13. The van der Waals surface area contributed by atoms with Crippen molar-refractivity contribution in [2.75, 3.05) is 76.0 Å². The highest BCUT2D eigenvalue weighted by Crippen LogP contribution is 2.32. The van der Waals surface area contributed by atoms with Gasteiger partial charge in [0.15, 0.2) is 0 Å². The maximum atomic E-state index is 13.2. The summed E-state index contributed by atoms with van der Waals surface area (Å²) in [4.78, 5) is 67.2. The summed E-state index contributed by atoms with van der Waals surface area (Å²) >= 11 is 0. The Labute approximate surface area is 279 Å². The van der Waals surface area contributed by atoms with Gasteiger partial charge in [-0.1, -0.05) is 6.07 Å². The molecule has 5 amide bonds. The van der Waals surface area contributed by atoms with E-state index >= 15 is 0 Å². The van der Waals surface area contributed by atoms with Gasteiger partial charge in [-0.15, -0.1) is 0 Å². The Kier molecular flexibility index (Phi) is 11.2. The third-order valence-corrected chi connectivity index (χ3v) is 8.03. The van der Waals surface area contributed by atoms with Gasteiger partial charge >= 0.3 is 6.09 Å². The van der Waals surface area contributed by atoms with E-state index < -0.39 is 35.3 Å². The van der Waals surface area contributed by atoms with Gasteiger partial charge < -0.3 is 34.1 Å². The Morgan fingerprint density at radius 3 is 2.25 bits per heavy atom. The standard InChI is InChI=1S/C34H43N5O9/c1-34(2,3)48-33(44)38-16-14-37(15-17-38)23-7-9-24(10-8-23)47-22-21-46-20-19-45-18-13-35-26-6-4-5-25-29(26)32(43)39(31(25)42)27-11-12-28(40)36-30(27)41/h4-10,27,35H,11-22H2,1-3H3,(H,36,40,41). The average molecular weight is 666 g/mol. The van der Waals surface area contributed by atoms with Gasteiger partial charge in [0, 0.05) is 50.5 Å². The summed E-state index contributed by atoms with van der Waals surface area (Å²) in [5.41, 5.74) is 1.47. The van der Waals surface area contributed by atoms with Crippen LogP contribution in [0.2, 0.25) is 0 Å². The lowest BCUT2D eigenvalue weighted by atomic mass is 10.0. The Balaban J connectivity index is 0.938. The summed E-state index contributed by atoms with van der Waals surface area (Å²) < 4.78 is 22.5. The van der Waals surface area contributed by atoms with Gasteiger partial charge in [-0.3, -0.25) is 29.4 Å². The molecule has 0 aliphatic carbocycles. The van der Waals surface area contributed by atoms with E-state index in [4.69, 9.17) is 18.9 Å². The van der Waals surface area contributed by atoms with E-state index in [0.717, 1.165) is 29.4 Å². The Morgan fingerprint density at radius 2 is 1.56 bits per heavy atom. The second kappa shape index (κ2) is 15.5. The van der Waals surface area contributed by atoms with E-state index in [2.05, 4.69) is 15.5 Å². The molecule has 14 heteroatoms. The highest BCUT2D eigenvalue weighted by molar-refractivity contribution is 6.25. The lowest BCUT2D eigenvalue weighted by molar-refractivity contribution is -0.136. The number of carbonyl (C=O) groups is 5. The van der Waals surface area contributed by atoms with E-state index in [0.29, 0.717) is 58.4 Å². The number of ether oxygens (including phenoxy) is 4. The molecular weight excluding hydrogens is 622 g/mol. The van der Waals surface area contributed by atoms with Crippen LogP contribution in [0.5, 0.6) is 5.75 Å². The number of fused-ring (bicyclic) bond motifs is 1. The summed E-state index contributed by atoms with van der Waals surface area (Å²) in [5.74, 6) is -1.42. The van der Waals surface area contributed by atoms with Crippen LogP contribution < -0.4 is 20.3 Å². The van der Waals surface area contributed by atoms with Crippen LogP contribution in [0.1, 0.15) is 54.3 Å². The van der Waals surface area contributed by atoms with Crippen molar-refractivity contribution in [2.24, 2.45) is 0 Å². The van der Waals surface area contributed by atoms with E-state index in [9.17, 15) is 24.0 Å². The van der Waals surface area contributed by atoms with Gasteiger partial charge in [-0.25, -0.2) is 4.79 Å². The van der Waals surface area contributed by atoms with Gasteiger partial charge in [0.25, 0.3) is 11.8 Å². The molecule has 2 aromatic carbocycles. The molecule has 2 N–H and O–H groups in total. The Hall–Kier alpha value is -4.69. The molecule has 0 aromatic heterocycles. The first kappa shape index (κ1) is 34.6. The van der Waals surface area contributed by atoms with Crippen molar-refractivity contribution in [3.8, 4) is 5.75 Å². The second-order valence-electron chi connectivity index (χ2n) is 12.6. The number of hydrogen-bond acceptors (Lipinski definition) is 11. The largest absolute Gasteiger partial charge is 0.491 e. The lowest BCUT2D eigenvalue weighted by Gasteiger charge is -2.36. The highest BCUT2D eigenvalue weighted by atomic mass is 16.6. The number of piperidine rings is 1. The monoisotopic (exact) mass is 665 g/mol. The summed E-state index contributed by atoms with van der Waals surface area (Å²) in [6.45, 7) is 10.5. The molecule has 48 heavy (non-hydrogen) atoms. The van der Waals surface area contributed by atoms with Crippen molar-refractivity contribution in [2.45, 2.75) is 45.3 Å². The SMILES string of the molecule is CC(C)(C)OC(=O)N1CCN(c2ccc(OCCOCCOCCNc3cccc4c3C(=O)N(C3CCC(=O)NC3=O)C4=O)cc2)CC1. The third-order valence-electron chi connectivity index (χ3n) is 8.03. The molecule has 0 spiro atoms. The Morgan fingerprint density at radius 1 is 0.875 bits per heavy atom. The van der Waals surface area contributed by atoms with Crippen molar-refractivity contribution in [3.05, 3.63) is 53.6 Å². The summed E-state index contributed by atoms with van der Waals surface area (Å²) in [5, 5.41) is 5.34. The molecule has 1 atom stereocenters. The van der Waals surface area contributed by atoms with E-state index in [1.807, 2.05) is 45.0 Å². The number of amides is 5. The zero-order valence-corrected chi connectivity index (χ0v) is 27.6. The van der Waals surface area contributed by atoms with Crippen molar-refractivity contribution < 1.29 is 42.9 Å². The van der Waals surface area contributed by atoms with Gasteiger partial charge in [-0.2, -0.15) is 0 Å². The zero-order chi connectivity index (χ0) is 34.3. The Bertz CT molecular complexity index is 1500. The molecule has 3 heterocycles. The predicted octanol–water partition coefficient (Wildman–Crippen LogP) is 2.67. The minimum Gasteiger partial charge on any atom is -0.491 e. The van der Waals surface area contributed by atoms with Crippen molar-refractivity contribution in [1.82, 2.24) is 15.1 Å². The molecule has 0 bridgehead atoms. The number of nitrogens with one attached hydrogen (secondary N) is 2. The average Bonchev–Trinajstić information content (AvgIpc) is 3.31. The van der Waals surface area contributed by atoms with Gasteiger partial charge in [0.05, 0.1) is 37.6 Å². The molecule has 14 nitrogen and oxygen atoms in total. The topological polar surface area (TPSA) is 156 Å². The molecule has 258 valence electrons. The number of piperazine rings is 1. The van der Waals surface area contributed by atoms with E-state index in [1.54, 1.807) is 23.1 Å². The maximum Gasteiger partial charge on any atom is 0.410 e. The van der Waals surface area contributed by atoms with Crippen LogP contribution in [0.3, 0.4) is 0 Å². The van der Waals surface area contributed by atoms with Crippen LogP contribution in [-0.4, -0.2) is 117 Å². The first-order chi connectivity index (χ1) is 23.0. The molecule has 5 rings (SSSR count). The van der Waals surface area contributed by atoms with Crippen molar-refractivity contribution >= 4 is 41.1 Å². The van der Waals surface area contributed by atoms with Crippen LogP contribution in [0, 0.1) is 0 Å². The summed E-state index contributed by atoms with van der Waals surface area (Å²) in [6.07, 6.45) is -0.104.